The Balaban J connectivity index is 0.00000385. The number of hydrogen-bond donors (Lipinski definition) is 2. The molecular formula is C24H39IN6O2. The van der Waals surface area contributed by atoms with E-state index in [-0.39, 0.29) is 30.0 Å². The van der Waals surface area contributed by atoms with Gasteiger partial charge < -0.3 is 20.1 Å². The van der Waals surface area contributed by atoms with Gasteiger partial charge in [0.25, 0.3) is 0 Å². The normalized spacial score (nSPS) is 15.6. The van der Waals surface area contributed by atoms with E-state index in [0.29, 0.717) is 13.2 Å². The molecule has 1 aromatic heterocycles. The van der Waals surface area contributed by atoms with E-state index < -0.39 is 0 Å². The zero-order valence-corrected chi connectivity index (χ0v) is 22.9. The maximum atomic E-state index is 6.10. The predicted molar refractivity (Wildman–Crippen MR) is 144 cm³/mol. The Hall–Kier alpha value is -1.85. The molecular weight excluding hydrogens is 531 g/mol. The van der Waals surface area contributed by atoms with E-state index >= 15 is 0 Å². The van der Waals surface area contributed by atoms with Crippen LogP contribution < -0.4 is 15.4 Å². The van der Waals surface area contributed by atoms with Gasteiger partial charge in [0.2, 0.25) is 0 Å². The standard InChI is InChI=1S/C24H38N6O2.HI/c1-18(16-22-19(2)28-29(5)20(22)3)27-24(25-4)26-17-21-8-6-7-9-23(21)32-15-12-30-10-13-31-14-11-30;/h6-9,18H,10-17H2,1-5H3,(H2,25,26,27);1H. The molecule has 0 saturated carbocycles. The van der Waals surface area contributed by atoms with Crippen LogP contribution in [-0.2, 0) is 24.8 Å². The lowest BCUT2D eigenvalue weighted by molar-refractivity contribution is 0.0322. The third-order valence-corrected chi connectivity index (χ3v) is 5.96. The first-order valence-electron chi connectivity index (χ1n) is 11.4. The Morgan fingerprint density at radius 3 is 2.64 bits per heavy atom. The molecule has 2 N–H and O–H groups in total. The number of halogens is 1. The van der Waals surface area contributed by atoms with Gasteiger partial charge in [-0.1, -0.05) is 18.2 Å². The van der Waals surface area contributed by atoms with Crippen molar-refractivity contribution in [1.29, 1.82) is 0 Å². The molecule has 1 fully saturated rings. The van der Waals surface area contributed by atoms with Crippen molar-refractivity contribution in [1.82, 2.24) is 25.3 Å². The summed E-state index contributed by atoms with van der Waals surface area (Å²) in [6.45, 7) is 12.2. The summed E-state index contributed by atoms with van der Waals surface area (Å²) in [6, 6.07) is 8.40. The van der Waals surface area contributed by atoms with Gasteiger partial charge in [-0.05, 0) is 38.8 Å². The van der Waals surface area contributed by atoms with Gasteiger partial charge in [0.15, 0.2) is 5.96 Å². The van der Waals surface area contributed by atoms with Crippen LogP contribution in [-0.4, -0.2) is 73.2 Å². The number of ether oxygens (including phenoxy) is 2. The van der Waals surface area contributed by atoms with Crippen LogP contribution >= 0.6 is 24.0 Å². The van der Waals surface area contributed by atoms with Crippen molar-refractivity contribution in [3.05, 3.63) is 46.8 Å². The van der Waals surface area contributed by atoms with Gasteiger partial charge >= 0.3 is 0 Å². The van der Waals surface area contributed by atoms with Crippen LogP contribution in [0, 0.1) is 13.8 Å². The molecule has 8 nitrogen and oxygen atoms in total. The topological polar surface area (TPSA) is 75.9 Å². The minimum Gasteiger partial charge on any atom is -0.492 e. The summed E-state index contributed by atoms with van der Waals surface area (Å²) in [6.07, 6.45) is 0.896. The maximum absolute atomic E-state index is 6.10. The Morgan fingerprint density at radius 2 is 1.97 bits per heavy atom. The highest BCUT2D eigenvalue weighted by Crippen LogP contribution is 2.18. The second kappa shape index (κ2) is 13.8. The summed E-state index contributed by atoms with van der Waals surface area (Å²) >= 11 is 0. The molecule has 0 bridgehead atoms. The number of para-hydroxylation sites is 1. The van der Waals surface area contributed by atoms with Gasteiger partial charge in [0, 0.05) is 57.6 Å². The largest absolute Gasteiger partial charge is 0.492 e. The molecule has 3 rings (SSSR count). The Kier molecular flexibility index (Phi) is 11.4. The van der Waals surface area contributed by atoms with Crippen molar-refractivity contribution in [3.8, 4) is 5.75 Å². The van der Waals surface area contributed by atoms with E-state index in [4.69, 9.17) is 9.47 Å². The lowest BCUT2D eigenvalue weighted by Crippen LogP contribution is -2.42. The van der Waals surface area contributed by atoms with Gasteiger partial charge in [-0.25, -0.2) is 0 Å². The zero-order valence-electron chi connectivity index (χ0n) is 20.6. The van der Waals surface area contributed by atoms with E-state index in [9.17, 15) is 0 Å². The molecule has 1 unspecified atom stereocenters. The average Bonchev–Trinajstić information content (AvgIpc) is 3.04. The third kappa shape index (κ3) is 8.15. The molecule has 2 heterocycles. The molecule has 1 aliphatic heterocycles. The Morgan fingerprint density at radius 1 is 1.24 bits per heavy atom. The van der Waals surface area contributed by atoms with E-state index in [1.165, 1.54) is 11.3 Å². The first-order valence-corrected chi connectivity index (χ1v) is 11.4. The highest BCUT2D eigenvalue weighted by molar-refractivity contribution is 14.0. The van der Waals surface area contributed by atoms with Gasteiger partial charge in [-0.15, -0.1) is 24.0 Å². The molecule has 1 aromatic carbocycles. The van der Waals surface area contributed by atoms with Crippen molar-refractivity contribution in [2.75, 3.05) is 46.5 Å². The molecule has 33 heavy (non-hydrogen) atoms. The third-order valence-electron chi connectivity index (χ3n) is 5.96. The summed E-state index contributed by atoms with van der Waals surface area (Å²) in [5.74, 6) is 1.69. The van der Waals surface area contributed by atoms with Crippen LogP contribution in [0.3, 0.4) is 0 Å². The van der Waals surface area contributed by atoms with E-state index in [0.717, 1.165) is 62.2 Å². The number of aryl methyl sites for hydroxylation is 2. The molecule has 1 atom stereocenters. The maximum Gasteiger partial charge on any atom is 0.191 e. The lowest BCUT2D eigenvalue weighted by Gasteiger charge is -2.26. The molecule has 0 aliphatic carbocycles. The van der Waals surface area contributed by atoms with E-state index in [1.54, 1.807) is 7.05 Å². The molecule has 9 heteroatoms. The lowest BCUT2D eigenvalue weighted by atomic mass is 10.1. The SMILES string of the molecule is CN=C(NCc1ccccc1OCCN1CCOCC1)NC(C)Cc1c(C)nn(C)c1C.I. The average molecular weight is 571 g/mol. The number of aromatic nitrogens is 2. The zero-order chi connectivity index (χ0) is 22.9. The number of rotatable bonds is 9. The van der Waals surface area contributed by atoms with Crippen molar-refractivity contribution in [3.63, 3.8) is 0 Å². The van der Waals surface area contributed by atoms with Crippen molar-refractivity contribution < 1.29 is 9.47 Å². The van der Waals surface area contributed by atoms with Crippen LogP contribution in [0.2, 0.25) is 0 Å². The minimum atomic E-state index is 0. The minimum absolute atomic E-state index is 0. The van der Waals surface area contributed by atoms with Gasteiger partial charge in [0.05, 0.1) is 18.9 Å². The number of hydrogen-bond acceptors (Lipinski definition) is 5. The first kappa shape index (κ1) is 27.4. The van der Waals surface area contributed by atoms with Crippen LogP contribution in [0.4, 0.5) is 0 Å². The summed E-state index contributed by atoms with van der Waals surface area (Å²) in [7, 11) is 3.79. The van der Waals surface area contributed by atoms with Crippen LogP contribution in [0.5, 0.6) is 5.75 Å². The molecule has 0 radical (unpaired) electrons. The highest BCUT2D eigenvalue weighted by atomic mass is 127. The van der Waals surface area contributed by atoms with E-state index in [1.807, 2.05) is 29.9 Å². The molecule has 0 amide bonds. The van der Waals surface area contributed by atoms with Gasteiger partial charge in [-0.3, -0.25) is 14.6 Å². The number of benzene rings is 1. The van der Waals surface area contributed by atoms with Gasteiger partial charge in [-0.2, -0.15) is 5.10 Å². The van der Waals surface area contributed by atoms with Crippen LogP contribution in [0.25, 0.3) is 0 Å². The second-order valence-electron chi connectivity index (χ2n) is 8.36. The monoisotopic (exact) mass is 570 g/mol. The molecule has 1 aliphatic rings. The molecule has 2 aromatic rings. The number of aliphatic imine (C=N–C) groups is 1. The van der Waals surface area contributed by atoms with Crippen molar-refractivity contribution in [2.24, 2.45) is 12.0 Å². The quantitative estimate of drug-likeness (QED) is 0.275. The molecule has 1 saturated heterocycles. The summed E-state index contributed by atoms with van der Waals surface area (Å²) < 4.78 is 13.5. The fourth-order valence-electron chi connectivity index (χ4n) is 3.98. The van der Waals surface area contributed by atoms with Gasteiger partial charge in [0.1, 0.15) is 12.4 Å². The van der Waals surface area contributed by atoms with Crippen LogP contribution in [0.15, 0.2) is 29.3 Å². The fourth-order valence-corrected chi connectivity index (χ4v) is 3.98. The predicted octanol–water partition coefficient (Wildman–Crippen LogP) is 2.66. The second-order valence-corrected chi connectivity index (χ2v) is 8.36. The number of nitrogens with zero attached hydrogens (tertiary/aromatic N) is 4. The summed E-state index contributed by atoms with van der Waals surface area (Å²) in [5, 5.41) is 11.4. The fraction of sp³-hybridized carbons (Fsp3) is 0.583. The number of guanidine groups is 1. The number of nitrogens with one attached hydrogen (secondary N) is 2. The molecule has 0 spiro atoms. The van der Waals surface area contributed by atoms with Crippen molar-refractivity contribution in [2.45, 2.75) is 39.8 Å². The number of morpholine rings is 1. The smallest absolute Gasteiger partial charge is 0.191 e. The summed E-state index contributed by atoms with van der Waals surface area (Å²) in [4.78, 5) is 6.78. The van der Waals surface area contributed by atoms with Crippen molar-refractivity contribution >= 4 is 29.9 Å². The summed E-state index contributed by atoms with van der Waals surface area (Å²) in [5.41, 5.74) is 4.71. The van der Waals surface area contributed by atoms with E-state index in [2.05, 4.69) is 52.5 Å². The molecule has 184 valence electrons. The Labute approximate surface area is 215 Å². The van der Waals surface area contributed by atoms with Crippen LogP contribution in [0.1, 0.15) is 29.4 Å². The highest BCUT2D eigenvalue weighted by Gasteiger charge is 2.15. The Bertz CT molecular complexity index is 895. The first-order chi connectivity index (χ1) is 15.5.